The van der Waals surface area contributed by atoms with Gasteiger partial charge in [0.15, 0.2) is 0 Å². The second-order valence-corrected chi connectivity index (χ2v) is 4.85. The van der Waals surface area contributed by atoms with E-state index < -0.39 is 9.84 Å². The molecule has 0 unspecified atom stereocenters. The lowest BCUT2D eigenvalue weighted by Crippen LogP contribution is -2.06. The molecule has 2 aromatic heterocycles. The maximum absolute atomic E-state index is 11.2. The van der Waals surface area contributed by atoms with E-state index >= 15 is 0 Å². The quantitative estimate of drug-likeness (QED) is 0.674. The number of imidazole rings is 1. The molecular weight excluding hydrogens is 216 g/mol. The lowest BCUT2D eigenvalue weighted by molar-refractivity contribution is 0.592. The molecule has 0 atom stereocenters. The maximum atomic E-state index is 11.2. The highest BCUT2D eigenvalue weighted by Crippen LogP contribution is 2.06. The SMILES string of the molecule is CS(=O)(=O)c1nccc(-n2ccnc2)n1. The number of sulfone groups is 1. The van der Waals surface area contributed by atoms with Gasteiger partial charge in [0.2, 0.25) is 15.0 Å². The zero-order valence-electron chi connectivity index (χ0n) is 7.90. The minimum Gasteiger partial charge on any atom is -0.290 e. The molecule has 78 valence electrons. The highest BCUT2D eigenvalue weighted by molar-refractivity contribution is 7.90. The summed E-state index contributed by atoms with van der Waals surface area (Å²) in [6.07, 6.45) is 7.27. The number of hydrogen-bond donors (Lipinski definition) is 0. The van der Waals surface area contributed by atoms with Gasteiger partial charge in [-0.1, -0.05) is 0 Å². The van der Waals surface area contributed by atoms with E-state index in [-0.39, 0.29) is 5.16 Å². The third-order valence-corrected chi connectivity index (χ3v) is 2.58. The van der Waals surface area contributed by atoms with Crippen LogP contribution < -0.4 is 0 Å². The molecule has 0 saturated heterocycles. The van der Waals surface area contributed by atoms with E-state index in [4.69, 9.17) is 0 Å². The molecule has 0 spiro atoms. The van der Waals surface area contributed by atoms with Crippen molar-refractivity contribution in [2.45, 2.75) is 5.16 Å². The Morgan fingerprint density at radius 1 is 1.33 bits per heavy atom. The van der Waals surface area contributed by atoms with Crippen molar-refractivity contribution in [3.63, 3.8) is 0 Å². The zero-order valence-corrected chi connectivity index (χ0v) is 8.72. The van der Waals surface area contributed by atoms with Crippen LogP contribution in [-0.2, 0) is 9.84 Å². The van der Waals surface area contributed by atoms with Gasteiger partial charge in [0.25, 0.3) is 0 Å². The molecule has 0 radical (unpaired) electrons. The van der Waals surface area contributed by atoms with Crippen LogP contribution in [0.15, 0.2) is 36.1 Å². The van der Waals surface area contributed by atoms with Crippen molar-refractivity contribution in [3.05, 3.63) is 31.0 Å². The average Bonchev–Trinajstić information content (AvgIpc) is 2.69. The second kappa shape index (κ2) is 3.43. The summed E-state index contributed by atoms with van der Waals surface area (Å²) in [5, 5.41) is -0.186. The third kappa shape index (κ3) is 2.01. The molecule has 2 rings (SSSR count). The molecule has 0 bridgehead atoms. The van der Waals surface area contributed by atoms with Crippen molar-refractivity contribution >= 4 is 9.84 Å². The molecular formula is C8H8N4O2S. The van der Waals surface area contributed by atoms with Crippen LogP contribution in [0.1, 0.15) is 0 Å². The van der Waals surface area contributed by atoms with Crippen LogP contribution in [-0.4, -0.2) is 34.2 Å². The van der Waals surface area contributed by atoms with E-state index in [2.05, 4.69) is 15.0 Å². The standard InChI is InChI=1S/C8H8N4O2S/c1-15(13,14)8-10-3-2-7(11-8)12-5-4-9-6-12/h2-6H,1H3. The first kappa shape index (κ1) is 9.78. The van der Waals surface area contributed by atoms with Crippen LogP contribution >= 0.6 is 0 Å². The van der Waals surface area contributed by atoms with Gasteiger partial charge < -0.3 is 0 Å². The lowest BCUT2D eigenvalue weighted by atomic mass is 10.6. The normalized spacial score (nSPS) is 11.5. The monoisotopic (exact) mass is 224 g/mol. The van der Waals surface area contributed by atoms with E-state index in [0.29, 0.717) is 5.82 Å². The zero-order chi connectivity index (χ0) is 10.9. The third-order valence-electron chi connectivity index (χ3n) is 1.72. The van der Waals surface area contributed by atoms with Crippen molar-refractivity contribution < 1.29 is 8.42 Å². The van der Waals surface area contributed by atoms with Crippen LogP contribution in [0.25, 0.3) is 5.82 Å². The predicted octanol–water partition coefficient (Wildman–Crippen LogP) is 0.0658. The number of aromatic nitrogens is 4. The molecule has 15 heavy (non-hydrogen) atoms. The second-order valence-electron chi connectivity index (χ2n) is 2.94. The first-order valence-corrected chi connectivity index (χ1v) is 5.98. The molecule has 0 amide bonds. The highest BCUT2D eigenvalue weighted by atomic mass is 32.2. The van der Waals surface area contributed by atoms with Gasteiger partial charge >= 0.3 is 0 Å². The van der Waals surface area contributed by atoms with Crippen molar-refractivity contribution in [2.75, 3.05) is 6.26 Å². The van der Waals surface area contributed by atoms with E-state index in [1.54, 1.807) is 23.0 Å². The molecule has 0 N–H and O–H groups in total. The minimum atomic E-state index is -3.37. The Hall–Kier alpha value is -1.76. The van der Waals surface area contributed by atoms with E-state index in [0.717, 1.165) is 6.26 Å². The van der Waals surface area contributed by atoms with Crippen molar-refractivity contribution in [3.8, 4) is 5.82 Å². The van der Waals surface area contributed by atoms with Gasteiger partial charge in [0.05, 0.1) is 0 Å². The van der Waals surface area contributed by atoms with Crippen LogP contribution in [0.2, 0.25) is 0 Å². The fourth-order valence-corrected chi connectivity index (χ4v) is 1.56. The Labute approximate surface area is 86.6 Å². The molecule has 0 aliphatic rings. The summed E-state index contributed by atoms with van der Waals surface area (Å²) in [4.78, 5) is 11.4. The van der Waals surface area contributed by atoms with Crippen LogP contribution in [0.3, 0.4) is 0 Å². The maximum Gasteiger partial charge on any atom is 0.248 e. The van der Waals surface area contributed by atoms with Gasteiger partial charge in [0.1, 0.15) is 12.1 Å². The number of hydrogen-bond acceptors (Lipinski definition) is 5. The van der Waals surface area contributed by atoms with E-state index in [1.165, 1.54) is 12.5 Å². The van der Waals surface area contributed by atoms with Gasteiger partial charge in [-0.25, -0.2) is 23.4 Å². The first-order valence-electron chi connectivity index (χ1n) is 4.09. The smallest absolute Gasteiger partial charge is 0.248 e. The van der Waals surface area contributed by atoms with Crippen LogP contribution in [0, 0.1) is 0 Å². The lowest BCUT2D eigenvalue weighted by Gasteiger charge is -2.01. The van der Waals surface area contributed by atoms with Crippen molar-refractivity contribution in [1.82, 2.24) is 19.5 Å². The summed E-state index contributed by atoms with van der Waals surface area (Å²) in [5.41, 5.74) is 0. The van der Waals surface area contributed by atoms with Crippen LogP contribution in [0.4, 0.5) is 0 Å². The molecule has 0 aromatic carbocycles. The fourth-order valence-electron chi connectivity index (χ4n) is 1.05. The summed E-state index contributed by atoms with van der Waals surface area (Å²) in [6, 6.07) is 1.61. The van der Waals surface area contributed by atoms with E-state index in [1.807, 2.05) is 0 Å². The molecule has 2 heterocycles. The van der Waals surface area contributed by atoms with E-state index in [9.17, 15) is 8.42 Å². The molecule has 0 aliphatic carbocycles. The molecule has 0 saturated carbocycles. The van der Waals surface area contributed by atoms with Crippen LogP contribution in [0.5, 0.6) is 0 Å². The van der Waals surface area contributed by atoms with Crippen molar-refractivity contribution in [2.24, 2.45) is 0 Å². The predicted molar refractivity (Wildman–Crippen MR) is 52.3 cm³/mol. The Morgan fingerprint density at radius 2 is 2.13 bits per heavy atom. The van der Waals surface area contributed by atoms with Gasteiger partial charge in [-0.05, 0) is 6.07 Å². The summed E-state index contributed by atoms with van der Waals surface area (Å²) < 4.78 is 24.0. The van der Waals surface area contributed by atoms with Crippen molar-refractivity contribution in [1.29, 1.82) is 0 Å². The van der Waals surface area contributed by atoms with Gasteiger partial charge in [-0.3, -0.25) is 4.57 Å². The average molecular weight is 224 g/mol. The van der Waals surface area contributed by atoms with Gasteiger partial charge in [-0.15, -0.1) is 0 Å². The first-order chi connectivity index (χ1) is 7.07. The Morgan fingerprint density at radius 3 is 2.73 bits per heavy atom. The highest BCUT2D eigenvalue weighted by Gasteiger charge is 2.11. The minimum absolute atomic E-state index is 0.186. The van der Waals surface area contributed by atoms with Gasteiger partial charge in [0, 0.05) is 24.8 Å². The molecule has 7 heteroatoms. The summed E-state index contributed by atoms with van der Waals surface area (Å²) in [7, 11) is -3.37. The van der Waals surface area contributed by atoms with Gasteiger partial charge in [-0.2, -0.15) is 0 Å². The number of rotatable bonds is 2. The number of nitrogens with zero attached hydrogens (tertiary/aromatic N) is 4. The fraction of sp³-hybridized carbons (Fsp3) is 0.125. The summed E-state index contributed by atoms with van der Waals surface area (Å²) >= 11 is 0. The summed E-state index contributed by atoms with van der Waals surface area (Å²) in [5.74, 6) is 0.475. The molecule has 0 fully saturated rings. The summed E-state index contributed by atoms with van der Waals surface area (Å²) in [6.45, 7) is 0. The molecule has 6 nitrogen and oxygen atoms in total. The topological polar surface area (TPSA) is 77.7 Å². The Kier molecular flexibility index (Phi) is 2.24. The Bertz CT molecular complexity index is 562. The largest absolute Gasteiger partial charge is 0.290 e. The Balaban J connectivity index is 2.53. The molecule has 2 aromatic rings. The molecule has 0 aliphatic heterocycles.